The molecular formula is C32H37N2O2+. The number of nitrogens with zero attached hydrogens (tertiary/aromatic N) is 1. The lowest BCUT2D eigenvalue weighted by Gasteiger charge is -2.35. The summed E-state index contributed by atoms with van der Waals surface area (Å²) in [6, 6.07) is 30.2. The second kappa shape index (κ2) is 11.2. The molecule has 0 amide bonds. The van der Waals surface area contributed by atoms with Crippen LogP contribution in [0.3, 0.4) is 0 Å². The van der Waals surface area contributed by atoms with Crippen LogP contribution in [0.2, 0.25) is 0 Å². The Morgan fingerprint density at radius 3 is 2.11 bits per heavy atom. The van der Waals surface area contributed by atoms with Gasteiger partial charge in [-0.15, -0.1) is 0 Å². The van der Waals surface area contributed by atoms with E-state index in [1.165, 1.54) is 24.8 Å². The number of benzene rings is 3. The molecule has 4 aromatic rings. The Morgan fingerprint density at radius 1 is 0.889 bits per heavy atom. The van der Waals surface area contributed by atoms with E-state index in [4.69, 9.17) is 4.42 Å². The molecule has 3 aromatic carbocycles. The van der Waals surface area contributed by atoms with Gasteiger partial charge >= 0.3 is 0 Å². The van der Waals surface area contributed by atoms with Gasteiger partial charge in [0.2, 0.25) is 5.89 Å². The van der Waals surface area contributed by atoms with Gasteiger partial charge in [0.25, 0.3) is 0 Å². The van der Waals surface area contributed by atoms with Crippen LogP contribution in [-0.2, 0) is 18.6 Å². The predicted octanol–water partition coefficient (Wildman–Crippen LogP) is 5.02. The Hall–Kier alpha value is -3.21. The molecular weight excluding hydrogens is 444 g/mol. The smallest absolute Gasteiger partial charge is 0.236 e. The van der Waals surface area contributed by atoms with Crippen LogP contribution >= 0.6 is 0 Å². The number of aliphatic hydroxyl groups is 1. The molecule has 0 radical (unpaired) electrons. The normalized spacial score (nSPS) is 20.3. The number of likely N-dealkylation sites (tertiary alicyclic amines) is 1. The first kappa shape index (κ1) is 24.5. The summed E-state index contributed by atoms with van der Waals surface area (Å²) in [5.74, 6) is 2.68. The molecule has 3 atom stereocenters. The van der Waals surface area contributed by atoms with Gasteiger partial charge in [0.1, 0.15) is 6.54 Å². The summed E-state index contributed by atoms with van der Waals surface area (Å²) in [7, 11) is 0. The van der Waals surface area contributed by atoms with Crippen molar-refractivity contribution >= 4 is 0 Å². The van der Waals surface area contributed by atoms with Gasteiger partial charge in [0.05, 0.1) is 19.3 Å². The molecule has 1 aromatic heterocycles. The third-order valence-corrected chi connectivity index (χ3v) is 7.93. The van der Waals surface area contributed by atoms with Crippen LogP contribution in [0.15, 0.2) is 102 Å². The summed E-state index contributed by atoms with van der Waals surface area (Å²) < 4.78 is 6.30. The van der Waals surface area contributed by atoms with E-state index in [-0.39, 0.29) is 0 Å². The van der Waals surface area contributed by atoms with Gasteiger partial charge in [-0.05, 0) is 41.9 Å². The maximum atomic E-state index is 12.0. The SMILES string of the molecule is CCC1CC[NH+](Cc2cnc(C(O)(c3ccccc3)c3ccccc3)o2)CC1CCc1ccccc1. The molecule has 1 fully saturated rings. The molecule has 1 aliphatic rings. The van der Waals surface area contributed by atoms with Crippen molar-refractivity contribution in [3.05, 3.63) is 126 Å². The number of oxazole rings is 1. The van der Waals surface area contributed by atoms with Gasteiger partial charge in [0, 0.05) is 5.92 Å². The monoisotopic (exact) mass is 481 g/mol. The first-order valence-corrected chi connectivity index (χ1v) is 13.3. The van der Waals surface area contributed by atoms with Crippen molar-refractivity contribution in [1.82, 2.24) is 4.98 Å². The standard InChI is InChI=1S/C32H36N2O2/c1-2-26-20-21-34(23-27(26)19-18-25-12-6-3-7-13-25)24-30-22-33-31(36-30)32(35,28-14-8-4-9-15-28)29-16-10-5-11-17-29/h3-17,22,26-27,35H,2,18-21,23-24H2,1H3/p+1. The van der Waals surface area contributed by atoms with Crippen molar-refractivity contribution in [1.29, 1.82) is 0 Å². The van der Waals surface area contributed by atoms with E-state index in [1.807, 2.05) is 66.9 Å². The maximum absolute atomic E-state index is 12.0. The average Bonchev–Trinajstić information content (AvgIpc) is 3.42. The minimum Gasteiger partial charge on any atom is -0.436 e. The van der Waals surface area contributed by atoms with Crippen LogP contribution in [0.5, 0.6) is 0 Å². The second-order valence-electron chi connectivity index (χ2n) is 10.2. The van der Waals surface area contributed by atoms with E-state index in [2.05, 4.69) is 42.2 Å². The molecule has 36 heavy (non-hydrogen) atoms. The third kappa shape index (κ3) is 5.30. The van der Waals surface area contributed by atoms with Crippen molar-refractivity contribution in [2.24, 2.45) is 11.8 Å². The summed E-state index contributed by atoms with van der Waals surface area (Å²) in [6.45, 7) is 5.44. The van der Waals surface area contributed by atoms with Gasteiger partial charge in [0.15, 0.2) is 11.4 Å². The number of quaternary nitrogens is 1. The number of nitrogens with one attached hydrogen (secondary N) is 1. The quantitative estimate of drug-likeness (QED) is 0.353. The molecule has 0 spiro atoms. The van der Waals surface area contributed by atoms with Gasteiger partial charge in [-0.2, -0.15) is 0 Å². The summed E-state index contributed by atoms with van der Waals surface area (Å²) >= 11 is 0. The van der Waals surface area contributed by atoms with Crippen molar-refractivity contribution in [3.8, 4) is 0 Å². The molecule has 186 valence electrons. The van der Waals surface area contributed by atoms with E-state index >= 15 is 0 Å². The molecule has 2 heterocycles. The highest BCUT2D eigenvalue weighted by molar-refractivity contribution is 5.41. The summed E-state index contributed by atoms with van der Waals surface area (Å²) in [4.78, 5) is 6.15. The Kier molecular flexibility index (Phi) is 7.64. The van der Waals surface area contributed by atoms with Crippen LogP contribution in [-0.4, -0.2) is 23.2 Å². The Morgan fingerprint density at radius 2 is 1.50 bits per heavy atom. The Bertz CT molecular complexity index is 1170. The molecule has 4 heteroatoms. The number of aryl methyl sites for hydroxylation is 1. The zero-order chi connectivity index (χ0) is 24.8. The van der Waals surface area contributed by atoms with E-state index in [9.17, 15) is 5.11 Å². The minimum atomic E-state index is -1.43. The fourth-order valence-electron chi connectivity index (χ4n) is 5.87. The predicted molar refractivity (Wildman–Crippen MR) is 143 cm³/mol. The minimum absolute atomic E-state index is 0.332. The van der Waals surface area contributed by atoms with E-state index in [1.54, 1.807) is 4.90 Å². The number of aromatic nitrogens is 1. The van der Waals surface area contributed by atoms with Crippen LogP contribution in [0.4, 0.5) is 0 Å². The zero-order valence-electron chi connectivity index (χ0n) is 21.1. The molecule has 4 nitrogen and oxygen atoms in total. The van der Waals surface area contributed by atoms with Crippen molar-refractivity contribution in [2.75, 3.05) is 13.1 Å². The number of piperidine rings is 1. The fraction of sp³-hybridized carbons (Fsp3) is 0.344. The highest BCUT2D eigenvalue weighted by Crippen LogP contribution is 2.36. The van der Waals surface area contributed by atoms with Crippen LogP contribution in [0, 0.1) is 11.8 Å². The first-order valence-electron chi connectivity index (χ1n) is 13.3. The topological polar surface area (TPSA) is 50.7 Å². The summed E-state index contributed by atoms with van der Waals surface area (Å²) in [5.41, 5.74) is 1.51. The molecule has 0 bridgehead atoms. The molecule has 0 saturated carbocycles. The summed E-state index contributed by atoms with van der Waals surface area (Å²) in [6.07, 6.45) is 6.69. The highest BCUT2D eigenvalue weighted by Gasteiger charge is 2.39. The number of rotatable bonds is 9. The van der Waals surface area contributed by atoms with Crippen molar-refractivity contribution in [3.63, 3.8) is 0 Å². The summed E-state index contributed by atoms with van der Waals surface area (Å²) in [5, 5.41) is 12.0. The first-order chi connectivity index (χ1) is 17.7. The van der Waals surface area contributed by atoms with Crippen molar-refractivity contribution in [2.45, 2.75) is 44.8 Å². The molecule has 1 saturated heterocycles. The Balaban J connectivity index is 1.32. The van der Waals surface area contributed by atoms with Crippen LogP contribution in [0.1, 0.15) is 54.5 Å². The maximum Gasteiger partial charge on any atom is 0.236 e. The highest BCUT2D eigenvalue weighted by atomic mass is 16.4. The number of hydrogen-bond acceptors (Lipinski definition) is 3. The lowest BCUT2D eigenvalue weighted by atomic mass is 9.80. The van der Waals surface area contributed by atoms with Crippen molar-refractivity contribution < 1.29 is 14.4 Å². The molecule has 5 rings (SSSR count). The fourth-order valence-corrected chi connectivity index (χ4v) is 5.87. The zero-order valence-corrected chi connectivity index (χ0v) is 21.1. The van der Waals surface area contributed by atoms with Crippen LogP contribution < -0.4 is 4.90 Å². The van der Waals surface area contributed by atoms with E-state index < -0.39 is 5.60 Å². The molecule has 1 aliphatic heterocycles. The number of hydrogen-bond donors (Lipinski definition) is 2. The van der Waals surface area contributed by atoms with Gasteiger partial charge in [-0.1, -0.05) is 104 Å². The molecule has 3 unspecified atom stereocenters. The van der Waals surface area contributed by atoms with Gasteiger partial charge in [-0.25, -0.2) is 4.98 Å². The second-order valence-corrected chi connectivity index (χ2v) is 10.2. The molecule has 0 aliphatic carbocycles. The third-order valence-electron chi connectivity index (χ3n) is 7.93. The van der Waals surface area contributed by atoms with Crippen LogP contribution in [0.25, 0.3) is 0 Å². The largest absolute Gasteiger partial charge is 0.436 e. The Labute approximate surface area is 214 Å². The lowest BCUT2D eigenvalue weighted by molar-refractivity contribution is -0.924. The van der Waals surface area contributed by atoms with E-state index in [0.29, 0.717) is 11.8 Å². The van der Waals surface area contributed by atoms with Gasteiger partial charge in [-0.3, -0.25) is 0 Å². The lowest BCUT2D eigenvalue weighted by Crippen LogP contribution is -3.12. The van der Waals surface area contributed by atoms with Gasteiger partial charge < -0.3 is 14.4 Å². The van der Waals surface area contributed by atoms with E-state index in [0.717, 1.165) is 48.9 Å². The molecule has 2 N–H and O–H groups in total. The average molecular weight is 482 g/mol.